The van der Waals surface area contributed by atoms with Gasteiger partial charge in [0.05, 0.1) is 6.04 Å². The van der Waals surface area contributed by atoms with Crippen molar-refractivity contribution in [2.45, 2.75) is 26.8 Å². The van der Waals surface area contributed by atoms with Crippen molar-refractivity contribution in [3.63, 3.8) is 0 Å². The molecule has 0 unspecified atom stereocenters. The molecular formula is C20H23NO4. The lowest BCUT2D eigenvalue weighted by Crippen LogP contribution is -2.31. The lowest BCUT2D eigenvalue weighted by Gasteiger charge is -2.21. The average molecular weight is 341 g/mol. The van der Waals surface area contributed by atoms with Gasteiger partial charge in [-0.25, -0.2) is 0 Å². The number of rotatable bonds is 5. The van der Waals surface area contributed by atoms with Crippen molar-refractivity contribution in [2.24, 2.45) is 0 Å². The van der Waals surface area contributed by atoms with Gasteiger partial charge in [-0.05, 0) is 61.7 Å². The minimum atomic E-state index is -0.166. The smallest absolute Gasteiger partial charge is 0.258 e. The topological polar surface area (TPSA) is 56.8 Å². The van der Waals surface area contributed by atoms with Crippen LogP contribution in [0.1, 0.15) is 29.7 Å². The van der Waals surface area contributed by atoms with Crippen molar-refractivity contribution in [2.75, 3.05) is 19.8 Å². The van der Waals surface area contributed by atoms with Crippen LogP contribution in [0.15, 0.2) is 36.4 Å². The number of nitrogens with one attached hydrogen (secondary N) is 1. The fraction of sp³-hybridized carbons (Fsp3) is 0.350. The molecule has 1 aliphatic rings. The zero-order chi connectivity index (χ0) is 17.8. The molecule has 2 aromatic carbocycles. The van der Waals surface area contributed by atoms with Gasteiger partial charge in [-0.1, -0.05) is 12.1 Å². The van der Waals surface area contributed by atoms with Gasteiger partial charge in [-0.2, -0.15) is 0 Å². The first-order chi connectivity index (χ1) is 12.0. The minimum absolute atomic E-state index is 0.0165. The number of amides is 1. The molecule has 1 heterocycles. The van der Waals surface area contributed by atoms with Gasteiger partial charge in [0.2, 0.25) is 0 Å². The van der Waals surface area contributed by atoms with Gasteiger partial charge in [-0.15, -0.1) is 0 Å². The molecule has 5 heteroatoms. The summed E-state index contributed by atoms with van der Waals surface area (Å²) in [6.07, 6.45) is 0. The molecule has 0 fully saturated rings. The van der Waals surface area contributed by atoms with E-state index in [2.05, 4.69) is 5.32 Å². The highest BCUT2D eigenvalue weighted by molar-refractivity contribution is 5.78. The highest BCUT2D eigenvalue weighted by atomic mass is 16.6. The first-order valence-corrected chi connectivity index (χ1v) is 8.42. The second kappa shape index (κ2) is 7.47. The van der Waals surface area contributed by atoms with Crippen LogP contribution < -0.4 is 19.5 Å². The average Bonchev–Trinajstić information content (AvgIpc) is 2.62. The molecule has 132 valence electrons. The molecule has 0 saturated carbocycles. The molecule has 1 aliphatic heterocycles. The van der Waals surface area contributed by atoms with Crippen molar-refractivity contribution in [3.8, 4) is 17.2 Å². The zero-order valence-electron chi connectivity index (χ0n) is 14.8. The van der Waals surface area contributed by atoms with E-state index in [9.17, 15) is 4.79 Å². The Morgan fingerprint density at radius 2 is 1.84 bits per heavy atom. The first kappa shape index (κ1) is 17.1. The monoisotopic (exact) mass is 341 g/mol. The number of hydrogen-bond donors (Lipinski definition) is 1. The standard InChI is InChI=1S/C20H23NO4/c1-13-4-6-17(10-14(13)2)25-12-20(22)21-15(3)16-5-7-18-19(11-16)24-9-8-23-18/h4-7,10-11,15H,8-9,12H2,1-3H3,(H,21,22)/t15-/m1/s1. The van der Waals surface area contributed by atoms with E-state index in [1.807, 2.05) is 57.2 Å². The molecule has 1 amide bonds. The van der Waals surface area contributed by atoms with E-state index in [1.165, 1.54) is 5.56 Å². The van der Waals surface area contributed by atoms with Crippen LogP contribution in [0.4, 0.5) is 0 Å². The Bertz CT molecular complexity index is 772. The number of ether oxygens (including phenoxy) is 3. The van der Waals surface area contributed by atoms with Gasteiger partial charge >= 0.3 is 0 Å². The molecule has 0 bridgehead atoms. The van der Waals surface area contributed by atoms with Crippen LogP contribution in [-0.4, -0.2) is 25.7 Å². The summed E-state index contributed by atoms with van der Waals surface area (Å²) in [5.41, 5.74) is 3.30. The summed E-state index contributed by atoms with van der Waals surface area (Å²) in [5, 5.41) is 2.94. The molecular weight excluding hydrogens is 318 g/mol. The highest BCUT2D eigenvalue weighted by Gasteiger charge is 2.16. The summed E-state index contributed by atoms with van der Waals surface area (Å²) in [7, 11) is 0. The SMILES string of the molecule is Cc1ccc(OCC(=O)N[C@H](C)c2ccc3c(c2)OCCO3)cc1C. The maximum Gasteiger partial charge on any atom is 0.258 e. The molecule has 25 heavy (non-hydrogen) atoms. The number of aryl methyl sites for hydroxylation is 2. The maximum absolute atomic E-state index is 12.1. The predicted molar refractivity (Wildman–Crippen MR) is 95.4 cm³/mol. The van der Waals surface area contributed by atoms with Crippen molar-refractivity contribution < 1.29 is 19.0 Å². The minimum Gasteiger partial charge on any atom is -0.486 e. The molecule has 0 radical (unpaired) electrons. The van der Waals surface area contributed by atoms with E-state index in [0.717, 1.165) is 22.6 Å². The Morgan fingerprint density at radius 1 is 1.08 bits per heavy atom. The van der Waals surface area contributed by atoms with E-state index < -0.39 is 0 Å². The number of carbonyl (C=O) groups is 1. The molecule has 0 saturated heterocycles. The Morgan fingerprint density at radius 3 is 2.60 bits per heavy atom. The maximum atomic E-state index is 12.1. The van der Waals surface area contributed by atoms with E-state index in [1.54, 1.807) is 0 Å². The summed E-state index contributed by atoms with van der Waals surface area (Å²) in [6.45, 7) is 7.08. The third kappa shape index (κ3) is 4.24. The molecule has 2 aromatic rings. The van der Waals surface area contributed by atoms with E-state index >= 15 is 0 Å². The fourth-order valence-electron chi connectivity index (χ4n) is 2.65. The Balaban J connectivity index is 1.56. The molecule has 0 aromatic heterocycles. The van der Waals surface area contributed by atoms with Crippen molar-refractivity contribution in [3.05, 3.63) is 53.1 Å². The Kier molecular flexibility index (Phi) is 5.12. The summed E-state index contributed by atoms with van der Waals surface area (Å²) in [6, 6.07) is 11.4. The normalized spacial score (nSPS) is 13.9. The molecule has 0 spiro atoms. The third-order valence-electron chi connectivity index (χ3n) is 4.29. The second-order valence-electron chi connectivity index (χ2n) is 6.23. The van der Waals surface area contributed by atoms with Crippen LogP contribution in [0, 0.1) is 13.8 Å². The van der Waals surface area contributed by atoms with Gasteiger partial charge in [0.1, 0.15) is 19.0 Å². The summed E-state index contributed by atoms with van der Waals surface area (Å²) >= 11 is 0. The second-order valence-corrected chi connectivity index (χ2v) is 6.23. The van der Waals surface area contributed by atoms with Crippen LogP contribution in [0.5, 0.6) is 17.2 Å². The third-order valence-corrected chi connectivity index (χ3v) is 4.29. The van der Waals surface area contributed by atoms with Gasteiger partial charge in [0.25, 0.3) is 5.91 Å². The van der Waals surface area contributed by atoms with Crippen molar-refractivity contribution in [1.82, 2.24) is 5.32 Å². The lowest BCUT2D eigenvalue weighted by atomic mass is 10.1. The number of fused-ring (bicyclic) bond motifs is 1. The van der Waals surface area contributed by atoms with Gasteiger partial charge in [-0.3, -0.25) is 4.79 Å². The van der Waals surface area contributed by atoms with Gasteiger partial charge in [0.15, 0.2) is 18.1 Å². The number of benzene rings is 2. The van der Waals surface area contributed by atoms with Crippen LogP contribution in [0.2, 0.25) is 0 Å². The molecule has 0 aliphatic carbocycles. The van der Waals surface area contributed by atoms with Gasteiger partial charge < -0.3 is 19.5 Å². The Labute approximate surface area is 147 Å². The first-order valence-electron chi connectivity index (χ1n) is 8.42. The van der Waals surface area contributed by atoms with E-state index in [4.69, 9.17) is 14.2 Å². The fourth-order valence-corrected chi connectivity index (χ4v) is 2.65. The van der Waals surface area contributed by atoms with Crippen molar-refractivity contribution in [1.29, 1.82) is 0 Å². The predicted octanol–water partition coefficient (Wildman–Crippen LogP) is 3.33. The molecule has 3 rings (SSSR count). The van der Waals surface area contributed by atoms with Gasteiger partial charge in [0, 0.05) is 0 Å². The van der Waals surface area contributed by atoms with Crippen LogP contribution >= 0.6 is 0 Å². The molecule has 1 N–H and O–H groups in total. The van der Waals surface area contributed by atoms with Crippen LogP contribution in [0.25, 0.3) is 0 Å². The largest absolute Gasteiger partial charge is 0.486 e. The summed E-state index contributed by atoms with van der Waals surface area (Å²) < 4.78 is 16.7. The summed E-state index contributed by atoms with van der Waals surface area (Å²) in [4.78, 5) is 12.1. The van der Waals surface area contributed by atoms with Crippen LogP contribution in [-0.2, 0) is 4.79 Å². The summed E-state index contributed by atoms with van der Waals surface area (Å²) in [5.74, 6) is 1.99. The lowest BCUT2D eigenvalue weighted by molar-refractivity contribution is -0.123. The van der Waals surface area contributed by atoms with Crippen molar-refractivity contribution >= 4 is 5.91 Å². The zero-order valence-corrected chi connectivity index (χ0v) is 14.8. The number of hydrogen-bond acceptors (Lipinski definition) is 4. The Hall–Kier alpha value is -2.69. The quantitative estimate of drug-likeness (QED) is 0.906. The number of carbonyl (C=O) groups excluding carboxylic acids is 1. The van der Waals surface area contributed by atoms with E-state index in [-0.39, 0.29) is 18.6 Å². The van der Waals surface area contributed by atoms with Crippen LogP contribution in [0.3, 0.4) is 0 Å². The molecule has 1 atom stereocenters. The highest BCUT2D eigenvalue weighted by Crippen LogP contribution is 2.32. The molecule has 5 nitrogen and oxygen atoms in total. The van der Waals surface area contributed by atoms with E-state index in [0.29, 0.717) is 19.0 Å².